The van der Waals surface area contributed by atoms with E-state index in [1.165, 1.54) is 6.20 Å². The van der Waals surface area contributed by atoms with Gasteiger partial charge in [0.15, 0.2) is 5.69 Å². The molecule has 4 heterocycles. The Morgan fingerprint density at radius 2 is 2.12 bits per heavy atom. The lowest BCUT2D eigenvalue weighted by Crippen LogP contribution is -2.59. The summed E-state index contributed by atoms with van der Waals surface area (Å²) < 4.78 is 41.6. The zero-order valence-electron chi connectivity index (χ0n) is 14.1. The van der Waals surface area contributed by atoms with Crippen LogP contribution in [-0.4, -0.2) is 56.6 Å². The number of aliphatic hydroxyl groups is 1. The van der Waals surface area contributed by atoms with E-state index >= 15 is 0 Å². The molecule has 2 N–H and O–H groups in total. The summed E-state index contributed by atoms with van der Waals surface area (Å²) in [6.45, 7) is 3.62. The Morgan fingerprint density at radius 1 is 1.31 bits per heavy atom. The van der Waals surface area contributed by atoms with Gasteiger partial charge in [0.1, 0.15) is 0 Å². The molecule has 0 aromatic carbocycles. The number of alkyl halides is 3. The number of nitrogens with zero attached hydrogens (tertiary/aromatic N) is 5. The summed E-state index contributed by atoms with van der Waals surface area (Å²) in [7, 11) is 0. The summed E-state index contributed by atoms with van der Waals surface area (Å²) in [5.74, 6) is -0.0251. The molecule has 0 aliphatic carbocycles. The van der Waals surface area contributed by atoms with E-state index in [0.717, 1.165) is 25.6 Å². The molecule has 10 heteroatoms. The van der Waals surface area contributed by atoms with E-state index < -0.39 is 18.0 Å². The molecule has 4 rings (SSSR count). The number of anilines is 1. The Morgan fingerprint density at radius 3 is 2.73 bits per heavy atom. The van der Waals surface area contributed by atoms with Crippen molar-refractivity contribution in [2.75, 3.05) is 24.5 Å². The first-order valence-corrected chi connectivity index (χ1v) is 8.49. The van der Waals surface area contributed by atoms with Crippen LogP contribution in [0, 0.1) is 0 Å². The standard InChI is InChI=1S/C16H19F3N6O/c1-9-13(26)8-24(9)15-22-12(4-14(23-15)16(17,18)19)10-5-21-25(7-10)11-2-3-20-6-11/h4-5,7,9,11,13,20,26H,2-3,6,8H2,1H3/t9?,11-,13?/m1/s1. The van der Waals surface area contributed by atoms with Crippen LogP contribution in [0.2, 0.25) is 0 Å². The molecule has 0 radical (unpaired) electrons. The zero-order valence-corrected chi connectivity index (χ0v) is 14.1. The second kappa shape index (κ2) is 6.20. The minimum absolute atomic E-state index is 0.0251. The third kappa shape index (κ3) is 3.03. The highest BCUT2D eigenvalue weighted by molar-refractivity contribution is 5.60. The average Bonchev–Trinajstić information content (AvgIpc) is 3.29. The number of hydrogen-bond donors (Lipinski definition) is 2. The molecule has 2 aromatic rings. The Hall–Kier alpha value is -2.20. The third-order valence-electron chi connectivity index (χ3n) is 5.00. The van der Waals surface area contributed by atoms with Crippen molar-refractivity contribution in [3.8, 4) is 11.3 Å². The van der Waals surface area contributed by atoms with Crippen LogP contribution in [-0.2, 0) is 6.18 Å². The third-order valence-corrected chi connectivity index (χ3v) is 5.00. The number of hydrogen-bond acceptors (Lipinski definition) is 6. The molecule has 2 aliphatic rings. The maximum atomic E-state index is 13.3. The van der Waals surface area contributed by atoms with Crippen LogP contribution in [0.3, 0.4) is 0 Å². The van der Waals surface area contributed by atoms with E-state index in [9.17, 15) is 18.3 Å². The summed E-state index contributed by atoms with van der Waals surface area (Å²) in [5.41, 5.74) is -0.311. The van der Waals surface area contributed by atoms with Gasteiger partial charge in [0.2, 0.25) is 5.95 Å². The van der Waals surface area contributed by atoms with Gasteiger partial charge < -0.3 is 15.3 Å². The molecule has 0 bridgehead atoms. The predicted octanol–water partition coefficient (Wildman–Crippen LogP) is 1.46. The van der Waals surface area contributed by atoms with Gasteiger partial charge >= 0.3 is 6.18 Å². The molecule has 2 fully saturated rings. The molecule has 2 unspecified atom stereocenters. The van der Waals surface area contributed by atoms with Crippen LogP contribution >= 0.6 is 0 Å². The fourth-order valence-electron chi connectivity index (χ4n) is 3.25. The normalized spacial score (nSPS) is 26.2. The van der Waals surface area contributed by atoms with Crippen molar-refractivity contribution >= 4 is 5.95 Å². The molecule has 2 aromatic heterocycles. The number of aromatic nitrogens is 4. The lowest BCUT2D eigenvalue weighted by molar-refractivity contribution is -0.141. The van der Waals surface area contributed by atoms with E-state index in [4.69, 9.17) is 0 Å². The van der Waals surface area contributed by atoms with Gasteiger partial charge in [0.05, 0.1) is 30.1 Å². The fraction of sp³-hybridized carbons (Fsp3) is 0.562. The molecular formula is C16H19F3N6O. The molecule has 26 heavy (non-hydrogen) atoms. The highest BCUT2D eigenvalue weighted by Gasteiger charge is 2.39. The molecule has 7 nitrogen and oxygen atoms in total. The minimum Gasteiger partial charge on any atom is -0.389 e. The molecule has 0 amide bonds. The van der Waals surface area contributed by atoms with Crippen LogP contribution in [0.4, 0.5) is 19.1 Å². The molecule has 0 saturated carbocycles. The summed E-state index contributed by atoms with van der Waals surface area (Å²) >= 11 is 0. The van der Waals surface area contributed by atoms with E-state index in [0.29, 0.717) is 5.56 Å². The van der Waals surface area contributed by atoms with Crippen LogP contribution in [0.5, 0.6) is 0 Å². The van der Waals surface area contributed by atoms with Gasteiger partial charge in [-0.25, -0.2) is 9.97 Å². The number of β-amino-alcohol motifs (C(OH)–C–C–N with tert-alkyl or cyclic N) is 1. The summed E-state index contributed by atoms with van der Waals surface area (Å²) in [4.78, 5) is 9.53. The second-order valence-corrected chi connectivity index (χ2v) is 6.75. The van der Waals surface area contributed by atoms with Crippen molar-refractivity contribution in [1.29, 1.82) is 0 Å². The maximum absolute atomic E-state index is 13.3. The van der Waals surface area contributed by atoms with Crippen molar-refractivity contribution in [2.24, 2.45) is 0 Å². The summed E-state index contributed by atoms with van der Waals surface area (Å²) in [5, 5.41) is 17.2. The van der Waals surface area contributed by atoms with Gasteiger partial charge in [0.25, 0.3) is 0 Å². The van der Waals surface area contributed by atoms with E-state index in [2.05, 4.69) is 20.4 Å². The first-order chi connectivity index (χ1) is 12.3. The van der Waals surface area contributed by atoms with Crippen LogP contribution in [0.1, 0.15) is 25.1 Å². The van der Waals surface area contributed by atoms with Crippen LogP contribution in [0.25, 0.3) is 11.3 Å². The number of nitrogens with one attached hydrogen (secondary N) is 1. The first kappa shape index (κ1) is 17.2. The SMILES string of the molecule is CC1C(O)CN1c1nc(-c2cnn([C@@H]3CCNC3)c2)cc(C(F)(F)F)n1. The van der Waals surface area contributed by atoms with Crippen molar-refractivity contribution < 1.29 is 18.3 Å². The van der Waals surface area contributed by atoms with Crippen LogP contribution < -0.4 is 10.2 Å². The molecule has 2 aliphatic heterocycles. The fourth-order valence-corrected chi connectivity index (χ4v) is 3.25. The summed E-state index contributed by atoms with van der Waals surface area (Å²) in [6.07, 6.45) is -0.996. The van der Waals surface area contributed by atoms with Crippen LogP contribution in [0.15, 0.2) is 18.5 Å². The predicted molar refractivity (Wildman–Crippen MR) is 87.6 cm³/mol. The smallest absolute Gasteiger partial charge is 0.389 e. The van der Waals surface area contributed by atoms with Gasteiger partial charge in [-0.2, -0.15) is 18.3 Å². The summed E-state index contributed by atoms with van der Waals surface area (Å²) in [6, 6.07) is 0.815. The Balaban J connectivity index is 1.71. The molecular weight excluding hydrogens is 349 g/mol. The number of rotatable bonds is 3. The Bertz CT molecular complexity index is 802. The molecule has 3 atom stereocenters. The van der Waals surface area contributed by atoms with Crippen molar-refractivity contribution in [2.45, 2.75) is 37.7 Å². The second-order valence-electron chi connectivity index (χ2n) is 6.75. The molecule has 2 saturated heterocycles. The number of halogens is 3. The number of aliphatic hydroxyl groups excluding tert-OH is 1. The van der Waals surface area contributed by atoms with E-state index in [1.54, 1.807) is 22.7 Å². The highest BCUT2D eigenvalue weighted by atomic mass is 19.4. The lowest BCUT2D eigenvalue weighted by atomic mass is 10.0. The van der Waals surface area contributed by atoms with Gasteiger partial charge in [-0.3, -0.25) is 4.68 Å². The van der Waals surface area contributed by atoms with Crippen molar-refractivity contribution in [3.05, 3.63) is 24.2 Å². The van der Waals surface area contributed by atoms with Gasteiger partial charge in [-0.15, -0.1) is 0 Å². The quantitative estimate of drug-likeness (QED) is 0.854. The van der Waals surface area contributed by atoms with Gasteiger partial charge in [0, 0.05) is 24.8 Å². The molecule has 0 spiro atoms. The maximum Gasteiger partial charge on any atom is 0.433 e. The monoisotopic (exact) mass is 368 g/mol. The first-order valence-electron chi connectivity index (χ1n) is 8.49. The average molecular weight is 368 g/mol. The van der Waals surface area contributed by atoms with Crippen molar-refractivity contribution in [1.82, 2.24) is 25.1 Å². The molecule has 140 valence electrons. The Labute approximate surface area is 147 Å². The lowest BCUT2D eigenvalue weighted by Gasteiger charge is -2.43. The minimum atomic E-state index is -4.58. The zero-order chi connectivity index (χ0) is 18.5. The van der Waals surface area contributed by atoms with Gasteiger partial charge in [-0.05, 0) is 26.0 Å². The van der Waals surface area contributed by atoms with E-state index in [-0.39, 0.29) is 30.3 Å². The van der Waals surface area contributed by atoms with E-state index in [1.807, 2.05) is 0 Å². The Kier molecular flexibility index (Phi) is 4.11. The van der Waals surface area contributed by atoms with Crippen molar-refractivity contribution in [3.63, 3.8) is 0 Å². The van der Waals surface area contributed by atoms with Gasteiger partial charge in [-0.1, -0.05) is 0 Å². The topological polar surface area (TPSA) is 79.1 Å². The highest BCUT2D eigenvalue weighted by Crippen LogP contribution is 2.34. The largest absolute Gasteiger partial charge is 0.433 e.